The first-order valence-electron chi connectivity index (χ1n) is 7.47. The van der Waals surface area contributed by atoms with Crippen LogP contribution in [0.1, 0.15) is 32.6 Å². The van der Waals surface area contributed by atoms with Crippen molar-refractivity contribution < 1.29 is 9.53 Å². The van der Waals surface area contributed by atoms with Crippen LogP contribution in [-0.2, 0) is 9.53 Å². The highest BCUT2D eigenvalue weighted by Crippen LogP contribution is 2.26. The number of hydrogen-bond acceptors (Lipinski definition) is 4. The molecule has 2 atom stereocenters. The summed E-state index contributed by atoms with van der Waals surface area (Å²) in [4.78, 5) is 14.6. The number of nitrogens with one attached hydrogen (secondary N) is 1. The molecule has 110 valence electrons. The molecule has 2 unspecified atom stereocenters. The normalized spacial score (nSPS) is 32.4. The van der Waals surface area contributed by atoms with E-state index in [9.17, 15) is 4.79 Å². The molecule has 2 aliphatic heterocycles. The summed E-state index contributed by atoms with van der Waals surface area (Å²) in [6.07, 6.45) is 5.01. The highest BCUT2D eigenvalue weighted by Gasteiger charge is 2.44. The van der Waals surface area contributed by atoms with E-state index in [-0.39, 0.29) is 11.9 Å². The van der Waals surface area contributed by atoms with Crippen LogP contribution in [-0.4, -0.2) is 56.2 Å². The molecule has 0 aromatic carbocycles. The van der Waals surface area contributed by atoms with E-state index >= 15 is 0 Å². The van der Waals surface area contributed by atoms with Crippen molar-refractivity contribution in [3.63, 3.8) is 0 Å². The summed E-state index contributed by atoms with van der Waals surface area (Å²) in [5, 5.41) is 3.01. The topological polar surface area (TPSA) is 67.6 Å². The lowest BCUT2D eigenvalue weighted by atomic mass is 9.85. The zero-order chi connectivity index (χ0) is 13.7. The second-order valence-corrected chi connectivity index (χ2v) is 6.05. The summed E-state index contributed by atoms with van der Waals surface area (Å²) in [6, 6.07) is -0.186. The second-order valence-electron chi connectivity index (χ2n) is 6.05. The lowest BCUT2D eigenvalue weighted by Crippen LogP contribution is -2.50. The standard InChI is InChI=1S/C14H27N3O2/c1-14(11-19-10-12(14)15)13(18)16-6-5-9-17-7-3-2-4-8-17/h12H,2-11,15H2,1H3,(H,16,18). The number of ether oxygens (including phenoxy) is 1. The molecular formula is C14H27N3O2. The fraction of sp³-hybridized carbons (Fsp3) is 0.929. The van der Waals surface area contributed by atoms with Gasteiger partial charge in [0.1, 0.15) is 0 Å². The maximum Gasteiger partial charge on any atom is 0.229 e. The van der Waals surface area contributed by atoms with Gasteiger partial charge in [-0.1, -0.05) is 6.42 Å². The van der Waals surface area contributed by atoms with E-state index in [1.807, 2.05) is 6.92 Å². The molecule has 0 bridgehead atoms. The Bertz CT molecular complexity index is 305. The average molecular weight is 269 g/mol. The van der Waals surface area contributed by atoms with E-state index in [1.165, 1.54) is 32.4 Å². The first-order chi connectivity index (χ1) is 9.13. The van der Waals surface area contributed by atoms with Crippen LogP contribution in [0.4, 0.5) is 0 Å². The summed E-state index contributed by atoms with van der Waals surface area (Å²) in [5.41, 5.74) is 5.39. The predicted molar refractivity (Wildman–Crippen MR) is 74.8 cm³/mol. The molecule has 5 heteroatoms. The maximum absolute atomic E-state index is 12.1. The fourth-order valence-electron chi connectivity index (χ4n) is 2.81. The quantitative estimate of drug-likeness (QED) is 0.706. The SMILES string of the molecule is CC1(C(=O)NCCCN2CCCCC2)COCC1N. The van der Waals surface area contributed by atoms with Crippen LogP contribution in [0, 0.1) is 5.41 Å². The molecule has 0 aliphatic carbocycles. The molecule has 1 amide bonds. The lowest BCUT2D eigenvalue weighted by molar-refractivity contribution is -0.130. The van der Waals surface area contributed by atoms with Gasteiger partial charge in [0.2, 0.25) is 5.91 Å². The Balaban J connectivity index is 1.63. The van der Waals surface area contributed by atoms with E-state index in [1.54, 1.807) is 0 Å². The van der Waals surface area contributed by atoms with E-state index in [0.29, 0.717) is 13.2 Å². The lowest BCUT2D eigenvalue weighted by Gasteiger charge is -2.27. The Morgan fingerprint density at radius 3 is 2.79 bits per heavy atom. The van der Waals surface area contributed by atoms with Gasteiger partial charge in [0, 0.05) is 12.6 Å². The van der Waals surface area contributed by atoms with Gasteiger partial charge in [-0.2, -0.15) is 0 Å². The summed E-state index contributed by atoms with van der Waals surface area (Å²) in [6.45, 7) is 7.06. The summed E-state index contributed by atoms with van der Waals surface area (Å²) < 4.78 is 5.30. The molecule has 2 saturated heterocycles. The predicted octanol–water partition coefficient (Wildman–Crippen LogP) is 0.342. The Labute approximate surface area is 115 Å². The van der Waals surface area contributed by atoms with Gasteiger partial charge in [0.15, 0.2) is 0 Å². The molecule has 2 fully saturated rings. The van der Waals surface area contributed by atoms with Gasteiger partial charge >= 0.3 is 0 Å². The van der Waals surface area contributed by atoms with E-state index in [2.05, 4.69) is 10.2 Å². The number of carbonyl (C=O) groups excluding carboxylic acids is 1. The van der Waals surface area contributed by atoms with Crippen molar-refractivity contribution in [2.45, 2.75) is 38.6 Å². The first-order valence-corrected chi connectivity index (χ1v) is 7.47. The van der Waals surface area contributed by atoms with Crippen LogP contribution < -0.4 is 11.1 Å². The van der Waals surface area contributed by atoms with Crippen molar-refractivity contribution in [3.8, 4) is 0 Å². The number of rotatable bonds is 5. The van der Waals surface area contributed by atoms with Crippen LogP contribution in [0.5, 0.6) is 0 Å². The molecule has 0 radical (unpaired) electrons. The van der Waals surface area contributed by atoms with Crippen LogP contribution in [0.3, 0.4) is 0 Å². The molecule has 0 spiro atoms. The van der Waals surface area contributed by atoms with Gasteiger partial charge in [-0.25, -0.2) is 0 Å². The zero-order valence-electron chi connectivity index (χ0n) is 12.0. The monoisotopic (exact) mass is 269 g/mol. The van der Waals surface area contributed by atoms with Gasteiger partial charge in [-0.3, -0.25) is 4.79 Å². The number of likely N-dealkylation sites (tertiary alicyclic amines) is 1. The van der Waals surface area contributed by atoms with Crippen molar-refractivity contribution in [3.05, 3.63) is 0 Å². The molecular weight excluding hydrogens is 242 g/mol. The number of nitrogens with two attached hydrogens (primary N) is 1. The van der Waals surface area contributed by atoms with Crippen molar-refractivity contribution in [2.75, 3.05) is 39.4 Å². The Hall–Kier alpha value is -0.650. The average Bonchev–Trinajstić information content (AvgIpc) is 2.77. The molecule has 3 N–H and O–H groups in total. The zero-order valence-corrected chi connectivity index (χ0v) is 12.0. The minimum Gasteiger partial charge on any atom is -0.379 e. The third kappa shape index (κ3) is 3.68. The number of nitrogens with zero attached hydrogens (tertiary/aromatic N) is 1. The molecule has 0 aromatic rings. The van der Waals surface area contributed by atoms with Crippen molar-refractivity contribution in [2.24, 2.45) is 11.1 Å². The van der Waals surface area contributed by atoms with Crippen LogP contribution in [0.25, 0.3) is 0 Å². The third-order valence-electron chi connectivity index (χ3n) is 4.42. The molecule has 0 aromatic heterocycles. The Morgan fingerprint density at radius 1 is 1.42 bits per heavy atom. The fourth-order valence-corrected chi connectivity index (χ4v) is 2.81. The number of carbonyl (C=O) groups is 1. The molecule has 2 heterocycles. The minimum atomic E-state index is -0.550. The third-order valence-corrected chi connectivity index (χ3v) is 4.42. The van der Waals surface area contributed by atoms with Gasteiger partial charge < -0.3 is 20.7 Å². The number of hydrogen-bond donors (Lipinski definition) is 2. The van der Waals surface area contributed by atoms with Crippen LogP contribution in [0.15, 0.2) is 0 Å². The largest absolute Gasteiger partial charge is 0.379 e. The molecule has 0 saturated carbocycles. The number of amides is 1. The van der Waals surface area contributed by atoms with Gasteiger partial charge in [-0.15, -0.1) is 0 Å². The van der Waals surface area contributed by atoms with Crippen LogP contribution in [0.2, 0.25) is 0 Å². The van der Waals surface area contributed by atoms with Crippen molar-refractivity contribution in [1.82, 2.24) is 10.2 Å². The Morgan fingerprint density at radius 2 is 2.16 bits per heavy atom. The Kier molecular flexibility index (Phi) is 5.19. The highest BCUT2D eigenvalue weighted by molar-refractivity contribution is 5.83. The summed E-state index contributed by atoms with van der Waals surface area (Å²) in [5.74, 6) is 0.0381. The van der Waals surface area contributed by atoms with E-state index < -0.39 is 5.41 Å². The highest BCUT2D eigenvalue weighted by atomic mass is 16.5. The molecule has 19 heavy (non-hydrogen) atoms. The smallest absolute Gasteiger partial charge is 0.229 e. The van der Waals surface area contributed by atoms with Gasteiger partial charge in [0.25, 0.3) is 0 Å². The maximum atomic E-state index is 12.1. The molecule has 2 rings (SSSR count). The van der Waals surface area contributed by atoms with Crippen molar-refractivity contribution >= 4 is 5.91 Å². The molecule has 5 nitrogen and oxygen atoms in total. The molecule has 2 aliphatic rings. The van der Waals surface area contributed by atoms with E-state index in [4.69, 9.17) is 10.5 Å². The first kappa shape index (κ1) is 14.8. The summed E-state index contributed by atoms with van der Waals surface area (Å²) >= 11 is 0. The number of piperidine rings is 1. The van der Waals surface area contributed by atoms with Crippen LogP contribution >= 0.6 is 0 Å². The second kappa shape index (κ2) is 6.68. The summed E-state index contributed by atoms with van der Waals surface area (Å²) in [7, 11) is 0. The minimum absolute atomic E-state index is 0.0381. The van der Waals surface area contributed by atoms with Gasteiger partial charge in [-0.05, 0) is 45.8 Å². The van der Waals surface area contributed by atoms with Gasteiger partial charge in [0.05, 0.1) is 18.6 Å². The van der Waals surface area contributed by atoms with E-state index in [0.717, 1.165) is 19.5 Å². The van der Waals surface area contributed by atoms with Crippen molar-refractivity contribution in [1.29, 1.82) is 0 Å².